The van der Waals surface area contributed by atoms with Crippen LogP contribution in [0.15, 0.2) is 78.9 Å². The molecule has 4 rings (SSSR count). The molecule has 1 aliphatic carbocycles. The van der Waals surface area contributed by atoms with E-state index in [-0.39, 0.29) is 0 Å². The fourth-order valence-electron chi connectivity index (χ4n) is 2.82. The fourth-order valence-corrected chi connectivity index (χ4v) is 2.82. The van der Waals surface area contributed by atoms with Gasteiger partial charge in [0.25, 0.3) is 0 Å². The van der Waals surface area contributed by atoms with Gasteiger partial charge in [-0.1, -0.05) is 78.9 Å². The molecule has 0 saturated carbocycles. The van der Waals surface area contributed by atoms with E-state index in [1.165, 1.54) is 34.9 Å². The zero-order valence-corrected chi connectivity index (χ0v) is 14.7. The smallest absolute Gasteiger partial charge is 0.0346 e. The molecule has 0 bridgehead atoms. The molecular formula is C22H26N2. The van der Waals surface area contributed by atoms with E-state index in [1.54, 1.807) is 0 Å². The largest absolute Gasteiger partial charge is 0.333 e. The zero-order chi connectivity index (χ0) is 17.4. The Bertz CT molecular complexity index is 710. The quantitative estimate of drug-likeness (QED) is 0.579. The van der Waals surface area contributed by atoms with E-state index in [0.717, 1.165) is 0 Å². The summed E-state index contributed by atoms with van der Waals surface area (Å²) in [7, 11) is 5.25. The Labute approximate surface area is 145 Å². The second kappa shape index (κ2) is 9.02. The lowest BCUT2D eigenvalue weighted by Gasteiger charge is -2.03. The lowest BCUT2D eigenvalue weighted by Crippen LogP contribution is -1.89. The Kier molecular flexibility index (Phi) is 6.74. The second-order valence-corrected chi connectivity index (χ2v) is 5.55. The zero-order valence-electron chi connectivity index (χ0n) is 14.7. The molecule has 2 nitrogen and oxygen atoms in total. The van der Waals surface area contributed by atoms with Gasteiger partial charge in [0.15, 0.2) is 0 Å². The molecule has 0 fully saturated rings. The van der Waals surface area contributed by atoms with E-state index < -0.39 is 0 Å². The van der Waals surface area contributed by atoms with Crippen LogP contribution in [-0.2, 0) is 0 Å². The molecule has 3 N–H and O–H groups in total. The molecule has 0 spiro atoms. The Hall–Kier alpha value is -2.42. The molecule has 3 aromatic rings. The highest BCUT2D eigenvalue weighted by Gasteiger charge is 2.32. The average molecular weight is 318 g/mol. The number of nitrogens with two attached hydrogens (primary N) is 1. The van der Waals surface area contributed by atoms with Crippen molar-refractivity contribution in [3.63, 3.8) is 0 Å². The molecular weight excluding hydrogens is 292 g/mol. The van der Waals surface area contributed by atoms with Crippen molar-refractivity contribution in [1.82, 2.24) is 5.32 Å². The number of hydrogen-bond donors (Lipinski definition) is 2. The van der Waals surface area contributed by atoms with E-state index in [0.29, 0.717) is 5.92 Å². The highest BCUT2D eigenvalue weighted by molar-refractivity contribution is 5.66. The Morgan fingerprint density at radius 1 is 0.625 bits per heavy atom. The summed E-state index contributed by atoms with van der Waals surface area (Å²) in [6.45, 7) is 0. The predicted molar refractivity (Wildman–Crippen MR) is 104 cm³/mol. The van der Waals surface area contributed by atoms with Crippen molar-refractivity contribution in [3.8, 4) is 11.1 Å². The van der Waals surface area contributed by atoms with Crippen molar-refractivity contribution in [2.24, 2.45) is 5.73 Å². The maximum atomic E-state index is 4.50. The van der Waals surface area contributed by atoms with Crippen molar-refractivity contribution < 1.29 is 0 Å². The molecule has 0 heterocycles. The normalized spacial score (nSPS) is 11.3. The van der Waals surface area contributed by atoms with E-state index >= 15 is 0 Å². The fraction of sp³-hybridized carbons (Fsp3) is 0.182. The minimum absolute atomic E-state index is 0.542. The first-order chi connectivity index (χ1) is 11.8. The van der Waals surface area contributed by atoms with Crippen LogP contribution in [0.25, 0.3) is 11.1 Å². The summed E-state index contributed by atoms with van der Waals surface area (Å²) in [6.07, 6.45) is 0. The first-order valence-electron chi connectivity index (χ1n) is 8.25. The van der Waals surface area contributed by atoms with Crippen molar-refractivity contribution >= 4 is 0 Å². The van der Waals surface area contributed by atoms with Gasteiger partial charge in [0.2, 0.25) is 0 Å². The van der Waals surface area contributed by atoms with Crippen LogP contribution in [-0.4, -0.2) is 21.1 Å². The number of benzene rings is 3. The second-order valence-electron chi connectivity index (χ2n) is 5.55. The third kappa shape index (κ3) is 4.10. The summed E-state index contributed by atoms with van der Waals surface area (Å²) in [5.41, 5.74) is 11.4. The molecule has 124 valence electrons. The molecule has 3 aromatic carbocycles. The average Bonchev–Trinajstić information content (AvgIpc) is 3.39. The van der Waals surface area contributed by atoms with Crippen LogP contribution >= 0.6 is 0 Å². The van der Waals surface area contributed by atoms with E-state index in [9.17, 15) is 0 Å². The summed E-state index contributed by atoms with van der Waals surface area (Å²) in [4.78, 5) is 0. The van der Waals surface area contributed by atoms with Crippen LogP contribution in [0, 0.1) is 0 Å². The summed E-state index contributed by atoms with van der Waals surface area (Å²) in [6, 6.07) is 28.2. The van der Waals surface area contributed by atoms with Gasteiger partial charge in [-0.2, -0.15) is 0 Å². The van der Waals surface area contributed by atoms with Crippen LogP contribution < -0.4 is 11.1 Å². The van der Waals surface area contributed by atoms with Gasteiger partial charge >= 0.3 is 0 Å². The summed E-state index contributed by atoms with van der Waals surface area (Å²) < 4.78 is 0. The third-order valence-corrected chi connectivity index (χ3v) is 3.89. The van der Waals surface area contributed by atoms with Gasteiger partial charge in [-0.3, -0.25) is 0 Å². The first kappa shape index (κ1) is 17.9. The SMILES string of the molecule is CN.CNC.c1ccc(-c2ccc(C3c4ccccc43)cc2)cc1. The van der Waals surface area contributed by atoms with E-state index in [4.69, 9.17) is 0 Å². The van der Waals surface area contributed by atoms with Gasteiger partial charge in [0.1, 0.15) is 0 Å². The molecule has 0 atom stereocenters. The number of nitrogens with one attached hydrogen (secondary N) is 1. The maximum Gasteiger partial charge on any atom is 0.0346 e. The highest BCUT2D eigenvalue weighted by atomic mass is 14.7. The van der Waals surface area contributed by atoms with Gasteiger partial charge in [0.05, 0.1) is 0 Å². The minimum Gasteiger partial charge on any atom is -0.333 e. The Morgan fingerprint density at radius 3 is 1.54 bits per heavy atom. The standard InChI is InChI=1S/C19H14.C2H7N.CH5N/c1-2-6-14(7-3-1)15-10-12-16(13-11-15)19-17-8-4-5-9-18(17)19;1-3-2;1-2/h1-13,19H;3H,1-2H3;2H2,1H3. The molecule has 0 radical (unpaired) electrons. The highest BCUT2D eigenvalue weighted by Crippen LogP contribution is 2.47. The van der Waals surface area contributed by atoms with Crippen LogP contribution in [0.2, 0.25) is 0 Å². The van der Waals surface area contributed by atoms with Gasteiger partial charge in [-0.05, 0) is 49.0 Å². The van der Waals surface area contributed by atoms with Crippen LogP contribution in [0.5, 0.6) is 0 Å². The topological polar surface area (TPSA) is 38.0 Å². The Balaban J connectivity index is 0.000000378. The van der Waals surface area contributed by atoms with Crippen LogP contribution in [0.1, 0.15) is 22.6 Å². The van der Waals surface area contributed by atoms with Crippen molar-refractivity contribution in [3.05, 3.63) is 95.6 Å². The maximum absolute atomic E-state index is 4.50. The Morgan fingerprint density at radius 2 is 1.04 bits per heavy atom. The molecule has 1 aliphatic rings. The van der Waals surface area contributed by atoms with Crippen molar-refractivity contribution in [1.29, 1.82) is 0 Å². The monoisotopic (exact) mass is 318 g/mol. The van der Waals surface area contributed by atoms with Gasteiger partial charge in [-0.15, -0.1) is 0 Å². The molecule has 0 aromatic heterocycles. The minimum atomic E-state index is 0.542. The van der Waals surface area contributed by atoms with Crippen molar-refractivity contribution in [2.75, 3.05) is 21.1 Å². The van der Waals surface area contributed by atoms with E-state index in [2.05, 4.69) is 89.9 Å². The number of fused-ring (bicyclic) bond motifs is 1. The summed E-state index contributed by atoms with van der Waals surface area (Å²) in [5, 5.41) is 2.75. The number of rotatable bonds is 2. The molecule has 24 heavy (non-hydrogen) atoms. The van der Waals surface area contributed by atoms with Gasteiger partial charge < -0.3 is 11.1 Å². The van der Waals surface area contributed by atoms with Gasteiger partial charge in [-0.25, -0.2) is 0 Å². The molecule has 2 heteroatoms. The lowest BCUT2D eigenvalue weighted by atomic mass is 10.0. The molecule has 0 aliphatic heterocycles. The first-order valence-corrected chi connectivity index (χ1v) is 8.25. The van der Waals surface area contributed by atoms with Gasteiger partial charge in [0, 0.05) is 5.92 Å². The van der Waals surface area contributed by atoms with E-state index in [1.807, 2.05) is 14.1 Å². The summed E-state index contributed by atoms with van der Waals surface area (Å²) >= 11 is 0. The van der Waals surface area contributed by atoms with Crippen LogP contribution in [0.4, 0.5) is 0 Å². The lowest BCUT2D eigenvalue weighted by molar-refractivity contribution is 1.02. The third-order valence-electron chi connectivity index (χ3n) is 3.89. The predicted octanol–water partition coefficient (Wildman–Crippen LogP) is 4.26. The molecule has 0 unspecified atom stereocenters. The van der Waals surface area contributed by atoms with Crippen LogP contribution in [0.3, 0.4) is 0 Å². The van der Waals surface area contributed by atoms with Crippen molar-refractivity contribution in [2.45, 2.75) is 5.92 Å². The molecule has 0 saturated heterocycles. The summed E-state index contributed by atoms with van der Waals surface area (Å²) in [5.74, 6) is 0.542. The molecule has 0 amide bonds. The number of hydrogen-bond acceptors (Lipinski definition) is 2.